The third kappa shape index (κ3) is 3.53. The molecule has 0 saturated carbocycles. The van der Waals surface area contributed by atoms with Gasteiger partial charge >= 0.3 is 0 Å². The molecule has 4 heteroatoms. The number of fused-ring (bicyclic) bond motifs is 1. The SMILES string of the molecule is CO.CO.OCC1(CO)CCCc2ccccc21. The van der Waals surface area contributed by atoms with Crippen LogP contribution in [0.3, 0.4) is 0 Å². The molecule has 0 spiro atoms. The first kappa shape index (κ1) is 17.1. The fourth-order valence-corrected chi connectivity index (χ4v) is 2.39. The summed E-state index contributed by atoms with van der Waals surface area (Å²) in [5.74, 6) is 0. The topological polar surface area (TPSA) is 80.9 Å². The summed E-state index contributed by atoms with van der Waals surface area (Å²) in [4.78, 5) is 0. The first-order chi connectivity index (χ1) is 8.82. The second-order valence-electron chi connectivity index (χ2n) is 4.11. The monoisotopic (exact) mass is 256 g/mol. The second kappa shape index (κ2) is 9.05. The summed E-state index contributed by atoms with van der Waals surface area (Å²) in [6, 6.07) is 8.11. The van der Waals surface area contributed by atoms with E-state index < -0.39 is 5.41 Å². The molecule has 104 valence electrons. The van der Waals surface area contributed by atoms with Gasteiger partial charge in [0, 0.05) is 19.6 Å². The average molecular weight is 256 g/mol. The van der Waals surface area contributed by atoms with E-state index in [0.29, 0.717) is 0 Å². The van der Waals surface area contributed by atoms with Crippen molar-refractivity contribution in [3.63, 3.8) is 0 Å². The van der Waals surface area contributed by atoms with E-state index in [1.165, 1.54) is 5.56 Å². The highest BCUT2D eigenvalue weighted by atomic mass is 16.3. The van der Waals surface area contributed by atoms with Gasteiger partial charge in [-0.3, -0.25) is 0 Å². The summed E-state index contributed by atoms with van der Waals surface area (Å²) in [5.41, 5.74) is 2.02. The summed E-state index contributed by atoms with van der Waals surface area (Å²) >= 11 is 0. The quantitative estimate of drug-likeness (QED) is 0.620. The zero-order valence-electron chi connectivity index (χ0n) is 11.1. The molecule has 1 aliphatic carbocycles. The molecule has 2 rings (SSSR count). The fraction of sp³-hybridized carbons (Fsp3) is 0.571. The van der Waals surface area contributed by atoms with Gasteiger partial charge in [-0.05, 0) is 30.4 Å². The molecule has 0 amide bonds. The van der Waals surface area contributed by atoms with Crippen LogP contribution in [0, 0.1) is 0 Å². The lowest BCUT2D eigenvalue weighted by Crippen LogP contribution is -2.38. The number of aliphatic hydroxyl groups excluding tert-OH is 4. The molecule has 1 aliphatic rings. The van der Waals surface area contributed by atoms with E-state index in [0.717, 1.165) is 39.0 Å². The third-order valence-corrected chi connectivity index (χ3v) is 3.30. The van der Waals surface area contributed by atoms with Crippen molar-refractivity contribution < 1.29 is 20.4 Å². The molecule has 0 heterocycles. The largest absolute Gasteiger partial charge is 0.400 e. The van der Waals surface area contributed by atoms with Crippen LogP contribution in [-0.2, 0) is 11.8 Å². The molecule has 1 aromatic rings. The first-order valence-corrected chi connectivity index (χ1v) is 6.02. The van der Waals surface area contributed by atoms with Gasteiger partial charge in [0.2, 0.25) is 0 Å². The van der Waals surface area contributed by atoms with Crippen molar-refractivity contribution in [3.8, 4) is 0 Å². The molecule has 18 heavy (non-hydrogen) atoms. The second-order valence-corrected chi connectivity index (χ2v) is 4.11. The maximum absolute atomic E-state index is 9.43. The summed E-state index contributed by atoms with van der Waals surface area (Å²) in [7, 11) is 2.00. The summed E-state index contributed by atoms with van der Waals surface area (Å²) in [6.45, 7) is 0.0844. The van der Waals surface area contributed by atoms with E-state index in [-0.39, 0.29) is 13.2 Å². The highest BCUT2D eigenvalue weighted by Crippen LogP contribution is 2.36. The molecule has 0 bridgehead atoms. The van der Waals surface area contributed by atoms with Crippen molar-refractivity contribution in [1.82, 2.24) is 0 Å². The predicted molar refractivity (Wildman–Crippen MR) is 71.5 cm³/mol. The number of hydrogen-bond donors (Lipinski definition) is 4. The number of hydrogen-bond acceptors (Lipinski definition) is 4. The van der Waals surface area contributed by atoms with Crippen LogP contribution in [0.2, 0.25) is 0 Å². The molecule has 0 saturated heterocycles. The van der Waals surface area contributed by atoms with Gasteiger partial charge in [0.05, 0.1) is 13.2 Å². The van der Waals surface area contributed by atoms with Crippen molar-refractivity contribution in [2.75, 3.05) is 27.4 Å². The molecule has 4 N–H and O–H groups in total. The lowest BCUT2D eigenvalue weighted by molar-refractivity contribution is 0.102. The van der Waals surface area contributed by atoms with Crippen molar-refractivity contribution >= 4 is 0 Å². The van der Waals surface area contributed by atoms with Gasteiger partial charge in [-0.2, -0.15) is 0 Å². The highest BCUT2D eigenvalue weighted by Gasteiger charge is 2.34. The van der Waals surface area contributed by atoms with Crippen molar-refractivity contribution in [2.24, 2.45) is 0 Å². The van der Waals surface area contributed by atoms with Crippen molar-refractivity contribution in [1.29, 1.82) is 0 Å². The van der Waals surface area contributed by atoms with Crippen LogP contribution in [0.15, 0.2) is 24.3 Å². The zero-order valence-corrected chi connectivity index (χ0v) is 11.1. The van der Waals surface area contributed by atoms with Crippen molar-refractivity contribution in [3.05, 3.63) is 35.4 Å². The lowest BCUT2D eigenvalue weighted by atomic mass is 9.71. The Morgan fingerprint density at radius 3 is 2.11 bits per heavy atom. The van der Waals surface area contributed by atoms with E-state index in [1.807, 2.05) is 18.2 Å². The smallest absolute Gasteiger partial charge is 0.0550 e. The van der Waals surface area contributed by atoms with Gasteiger partial charge in [-0.1, -0.05) is 24.3 Å². The minimum Gasteiger partial charge on any atom is -0.400 e. The zero-order chi connectivity index (χ0) is 14.0. The van der Waals surface area contributed by atoms with Gasteiger partial charge < -0.3 is 20.4 Å². The molecular weight excluding hydrogens is 232 g/mol. The summed E-state index contributed by atoms with van der Waals surface area (Å²) in [5, 5.41) is 32.9. The number of aryl methyl sites for hydroxylation is 1. The van der Waals surface area contributed by atoms with Crippen LogP contribution in [0.1, 0.15) is 24.0 Å². The Kier molecular flexibility index (Phi) is 8.58. The van der Waals surface area contributed by atoms with Gasteiger partial charge in [0.25, 0.3) is 0 Å². The van der Waals surface area contributed by atoms with E-state index >= 15 is 0 Å². The molecule has 0 unspecified atom stereocenters. The van der Waals surface area contributed by atoms with Crippen LogP contribution in [0.5, 0.6) is 0 Å². The summed E-state index contributed by atoms with van der Waals surface area (Å²) in [6.07, 6.45) is 3.01. The van der Waals surface area contributed by atoms with E-state index in [1.54, 1.807) is 0 Å². The average Bonchev–Trinajstić information content (AvgIpc) is 2.50. The Balaban J connectivity index is 0.000000659. The Hall–Kier alpha value is -0.940. The van der Waals surface area contributed by atoms with E-state index in [9.17, 15) is 10.2 Å². The molecule has 1 aromatic carbocycles. The maximum Gasteiger partial charge on any atom is 0.0550 e. The van der Waals surface area contributed by atoms with E-state index in [4.69, 9.17) is 10.2 Å². The van der Waals surface area contributed by atoms with Crippen LogP contribution in [-0.4, -0.2) is 47.9 Å². The molecular formula is C14H24O4. The minimum absolute atomic E-state index is 0.0422. The third-order valence-electron chi connectivity index (χ3n) is 3.30. The van der Waals surface area contributed by atoms with Crippen LogP contribution in [0.4, 0.5) is 0 Å². The van der Waals surface area contributed by atoms with E-state index in [2.05, 4.69) is 6.07 Å². The Labute approximate surface area is 109 Å². The van der Waals surface area contributed by atoms with Crippen LogP contribution in [0.25, 0.3) is 0 Å². The fourth-order valence-electron chi connectivity index (χ4n) is 2.39. The lowest BCUT2D eigenvalue weighted by Gasteiger charge is -2.36. The van der Waals surface area contributed by atoms with Crippen molar-refractivity contribution in [2.45, 2.75) is 24.7 Å². The molecule has 0 atom stereocenters. The highest BCUT2D eigenvalue weighted by molar-refractivity contribution is 5.37. The Bertz CT molecular complexity index is 321. The normalized spacial score (nSPS) is 15.4. The Morgan fingerprint density at radius 2 is 1.56 bits per heavy atom. The van der Waals surface area contributed by atoms with Gasteiger partial charge in [0.15, 0.2) is 0 Å². The Morgan fingerprint density at radius 1 is 1.00 bits per heavy atom. The van der Waals surface area contributed by atoms with Gasteiger partial charge in [-0.25, -0.2) is 0 Å². The molecule has 0 radical (unpaired) electrons. The number of benzene rings is 1. The van der Waals surface area contributed by atoms with Gasteiger partial charge in [0.1, 0.15) is 0 Å². The number of rotatable bonds is 2. The molecule has 0 aliphatic heterocycles. The first-order valence-electron chi connectivity index (χ1n) is 6.02. The molecule has 4 nitrogen and oxygen atoms in total. The minimum atomic E-state index is -0.394. The standard InChI is InChI=1S/C12H16O2.2CH4O/c13-8-12(9-14)7-3-5-10-4-1-2-6-11(10)12;2*1-2/h1-2,4,6,13-14H,3,5,7-9H2;2*2H,1H3. The van der Waals surface area contributed by atoms with Crippen LogP contribution >= 0.6 is 0 Å². The number of aliphatic hydroxyl groups is 4. The summed E-state index contributed by atoms with van der Waals surface area (Å²) < 4.78 is 0. The molecule has 0 aromatic heterocycles. The maximum atomic E-state index is 9.43. The predicted octanol–water partition coefficient (Wildman–Crippen LogP) is 0.462. The van der Waals surface area contributed by atoms with Crippen LogP contribution < -0.4 is 0 Å². The molecule has 0 fully saturated rings. The van der Waals surface area contributed by atoms with Gasteiger partial charge in [-0.15, -0.1) is 0 Å².